The topological polar surface area (TPSA) is 0 Å². The fourth-order valence-corrected chi connectivity index (χ4v) is 7.15. The fourth-order valence-electron chi connectivity index (χ4n) is 7.15. The second-order valence-corrected chi connectivity index (χ2v) is 9.20. The molecule has 0 aromatic carbocycles. The third kappa shape index (κ3) is 1.72. The Bertz CT molecular complexity index is 422. The van der Waals surface area contributed by atoms with E-state index in [1.165, 1.54) is 51.4 Å². The number of fused-ring (bicyclic) bond motifs is 5. The molecule has 6 atom stereocenters. The first kappa shape index (κ1) is 13.4. The van der Waals surface area contributed by atoms with E-state index in [0.29, 0.717) is 5.41 Å². The van der Waals surface area contributed by atoms with E-state index in [4.69, 9.17) is 0 Å². The van der Waals surface area contributed by atoms with Crippen LogP contribution in [0.2, 0.25) is 0 Å². The van der Waals surface area contributed by atoms with Gasteiger partial charge in [0.1, 0.15) is 0 Å². The average molecular weight is 272 g/mol. The molecule has 6 unspecified atom stereocenters. The van der Waals surface area contributed by atoms with Crippen LogP contribution >= 0.6 is 0 Å². The van der Waals surface area contributed by atoms with E-state index in [1.807, 2.05) is 0 Å². The molecule has 0 aliphatic heterocycles. The second-order valence-electron chi connectivity index (χ2n) is 9.20. The van der Waals surface area contributed by atoms with Crippen molar-refractivity contribution in [3.05, 3.63) is 12.2 Å². The van der Waals surface area contributed by atoms with Crippen molar-refractivity contribution in [3.8, 4) is 0 Å². The van der Waals surface area contributed by atoms with Crippen molar-refractivity contribution in [1.82, 2.24) is 0 Å². The van der Waals surface area contributed by atoms with Gasteiger partial charge >= 0.3 is 0 Å². The van der Waals surface area contributed by atoms with Crippen LogP contribution in [0.15, 0.2) is 12.2 Å². The van der Waals surface area contributed by atoms with Crippen molar-refractivity contribution in [2.24, 2.45) is 34.5 Å². The standard InChI is InChI=1S/C20H32/c1-14-8-12-20(3)15(13-14)6-7-16-17-5-4-10-19(17,2)11-9-18(16)20/h15-18H,1,4-13H2,2-3H3. The van der Waals surface area contributed by atoms with Crippen molar-refractivity contribution in [3.63, 3.8) is 0 Å². The van der Waals surface area contributed by atoms with Crippen LogP contribution in [0.1, 0.15) is 78.1 Å². The number of rotatable bonds is 0. The summed E-state index contributed by atoms with van der Waals surface area (Å²) in [6, 6.07) is 0. The van der Waals surface area contributed by atoms with Crippen LogP contribution in [-0.4, -0.2) is 0 Å². The van der Waals surface area contributed by atoms with E-state index in [2.05, 4.69) is 20.4 Å². The zero-order chi connectivity index (χ0) is 14.0. The van der Waals surface area contributed by atoms with Gasteiger partial charge in [0.25, 0.3) is 0 Å². The maximum absolute atomic E-state index is 4.30. The molecule has 20 heavy (non-hydrogen) atoms. The van der Waals surface area contributed by atoms with E-state index in [9.17, 15) is 0 Å². The van der Waals surface area contributed by atoms with Gasteiger partial charge in [-0.2, -0.15) is 0 Å². The van der Waals surface area contributed by atoms with Gasteiger partial charge in [-0.05, 0) is 92.3 Å². The maximum Gasteiger partial charge on any atom is -0.0260 e. The molecule has 0 aromatic rings. The summed E-state index contributed by atoms with van der Waals surface area (Å²) in [4.78, 5) is 0. The summed E-state index contributed by atoms with van der Waals surface area (Å²) in [5, 5.41) is 0. The smallest absolute Gasteiger partial charge is 0.0260 e. The largest absolute Gasteiger partial charge is 0.0999 e. The lowest BCUT2D eigenvalue weighted by Gasteiger charge is -2.60. The monoisotopic (exact) mass is 272 g/mol. The van der Waals surface area contributed by atoms with Gasteiger partial charge in [-0.1, -0.05) is 32.4 Å². The molecule has 0 heteroatoms. The molecule has 0 heterocycles. The summed E-state index contributed by atoms with van der Waals surface area (Å²) in [6.45, 7) is 9.59. The van der Waals surface area contributed by atoms with Crippen LogP contribution in [0.25, 0.3) is 0 Å². The molecule has 0 radical (unpaired) electrons. The van der Waals surface area contributed by atoms with Crippen molar-refractivity contribution >= 4 is 0 Å². The minimum absolute atomic E-state index is 0.661. The van der Waals surface area contributed by atoms with Crippen molar-refractivity contribution in [1.29, 1.82) is 0 Å². The molecule has 0 amide bonds. The van der Waals surface area contributed by atoms with Crippen molar-refractivity contribution in [2.45, 2.75) is 78.1 Å². The zero-order valence-corrected chi connectivity index (χ0v) is 13.6. The molecular weight excluding hydrogens is 240 g/mol. The van der Waals surface area contributed by atoms with Crippen LogP contribution in [0.5, 0.6) is 0 Å². The molecular formula is C20H32. The van der Waals surface area contributed by atoms with Crippen LogP contribution in [-0.2, 0) is 0 Å². The molecule has 4 aliphatic rings. The molecule has 0 aromatic heterocycles. The van der Waals surface area contributed by atoms with Gasteiger partial charge < -0.3 is 0 Å². The molecule has 0 saturated heterocycles. The lowest BCUT2D eigenvalue weighted by Crippen LogP contribution is -2.51. The summed E-state index contributed by atoms with van der Waals surface area (Å²) < 4.78 is 0. The minimum Gasteiger partial charge on any atom is -0.0999 e. The summed E-state index contributed by atoms with van der Waals surface area (Å²) in [5.41, 5.74) is 2.93. The van der Waals surface area contributed by atoms with Gasteiger partial charge in [-0.3, -0.25) is 0 Å². The Labute approximate surface area is 125 Å². The van der Waals surface area contributed by atoms with Crippen LogP contribution in [0, 0.1) is 34.5 Å². The van der Waals surface area contributed by atoms with Gasteiger partial charge in [0.2, 0.25) is 0 Å². The van der Waals surface area contributed by atoms with Crippen LogP contribution in [0.3, 0.4) is 0 Å². The number of hydrogen-bond acceptors (Lipinski definition) is 0. The highest BCUT2D eigenvalue weighted by Crippen LogP contribution is 2.66. The number of hydrogen-bond donors (Lipinski definition) is 0. The molecule has 0 spiro atoms. The second kappa shape index (κ2) is 4.37. The SMILES string of the molecule is C=C1CCC2(C)C(CCC3C4CCCC4(C)CCC32)C1. The molecule has 4 saturated carbocycles. The van der Waals surface area contributed by atoms with Gasteiger partial charge in [0.05, 0.1) is 0 Å². The summed E-state index contributed by atoms with van der Waals surface area (Å²) in [6.07, 6.45) is 14.8. The Morgan fingerprint density at radius 3 is 2.65 bits per heavy atom. The third-order valence-corrected chi connectivity index (χ3v) is 8.40. The molecule has 4 fully saturated rings. The van der Waals surface area contributed by atoms with Crippen LogP contribution in [0.4, 0.5) is 0 Å². The Balaban J connectivity index is 1.64. The van der Waals surface area contributed by atoms with E-state index in [1.54, 1.807) is 18.4 Å². The van der Waals surface area contributed by atoms with E-state index in [0.717, 1.165) is 29.1 Å². The Morgan fingerprint density at radius 2 is 1.80 bits per heavy atom. The average Bonchev–Trinajstić information content (AvgIpc) is 2.81. The maximum atomic E-state index is 4.30. The molecule has 4 aliphatic carbocycles. The highest BCUT2D eigenvalue weighted by atomic mass is 14.6. The molecule has 4 rings (SSSR count). The molecule has 0 N–H and O–H groups in total. The van der Waals surface area contributed by atoms with Gasteiger partial charge in [0, 0.05) is 0 Å². The first-order valence-corrected chi connectivity index (χ1v) is 9.20. The minimum atomic E-state index is 0.661. The molecule has 0 nitrogen and oxygen atoms in total. The fraction of sp³-hybridized carbons (Fsp3) is 0.900. The normalized spacial score (nSPS) is 55.0. The first-order valence-electron chi connectivity index (χ1n) is 9.20. The Kier molecular flexibility index (Phi) is 2.93. The third-order valence-electron chi connectivity index (χ3n) is 8.40. The Hall–Kier alpha value is -0.260. The molecule has 112 valence electrons. The predicted molar refractivity (Wildman–Crippen MR) is 85.5 cm³/mol. The summed E-state index contributed by atoms with van der Waals surface area (Å²) >= 11 is 0. The van der Waals surface area contributed by atoms with Gasteiger partial charge in [-0.25, -0.2) is 0 Å². The lowest BCUT2D eigenvalue weighted by molar-refractivity contribution is -0.0963. The van der Waals surface area contributed by atoms with E-state index < -0.39 is 0 Å². The highest BCUT2D eigenvalue weighted by Gasteiger charge is 2.57. The highest BCUT2D eigenvalue weighted by molar-refractivity contribution is 5.12. The van der Waals surface area contributed by atoms with Gasteiger partial charge in [0.15, 0.2) is 0 Å². The quantitative estimate of drug-likeness (QED) is 0.476. The summed E-state index contributed by atoms with van der Waals surface area (Å²) in [7, 11) is 0. The van der Waals surface area contributed by atoms with Crippen LogP contribution < -0.4 is 0 Å². The predicted octanol–water partition coefficient (Wildman–Crippen LogP) is 5.98. The molecule has 0 bridgehead atoms. The Morgan fingerprint density at radius 1 is 0.950 bits per heavy atom. The van der Waals surface area contributed by atoms with Gasteiger partial charge in [-0.15, -0.1) is 0 Å². The van der Waals surface area contributed by atoms with E-state index in [-0.39, 0.29) is 0 Å². The lowest BCUT2D eigenvalue weighted by atomic mass is 9.45. The zero-order valence-electron chi connectivity index (χ0n) is 13.6. The number of allylic oxidation sites excluding steroid dienone is 1. The first-order chi connectivity index (χ1) is 9.53. The van der Waals surface area contributed by atoms with Crippen molar-refractivity contribution in [2.75, 3.05) is 0 Å². The van der Waals surface area contributed by atoms with Crippen molar-refractivity contribution < 1.29 is 0 Å². The van der Waals surface area contributed by atoms with E-state index >= 15 is 0 Å². The summed E-state index contributed by atoms with van der Waals surface area (Å²) in [5.74, 6) is 4.16.